The molecule has 0 unspecified atom stereocenters. The first-order valence-electron chi connectivity index (χ1n) is 8.39. The van der Waals surface area contributed by atoms with Gasteiger partial charge in [0.2, 0.25) is 5.90 Å². The number of rotatable bonds is 5. The molecular formula is C19H24ClNO. The minimum Gasteiger partial charge on any atom is -0.468 e. The Labute approximate surface area is 138 Å². The van der Waals surface area contributed by atoms with Crippen LogP contribution in [0, 0.1) is 5.92 Å². The molecule has 2 nitrogen and oxygen atoms in total. The van der Waals surface area contributed by atoms with Crippen molar-refractivity contribution in [3.05, 3.63) is 48.0 Å². The fourth-order valence-corrected chi connectivity index (χ4v) is 3.59. The molecular weight excluding hydrogens is 294 g/mol. The molecule has 2 aliphatic rings. The number of benzene rings is 1. The van der Waals surface area contributed by atoms with Gasteiger partial charge in [-0.1, -0.05) is 56.4 Å². The highest BCUT2D eigenvalue weighted by molar-refractivity contribution is 6.18. The lowest BCUT2D eigenvalue weighted by Crippen LogP contribution is -2.24. The average molecular weight is 318 g/mol. The predicted octanol–water partition coefficient (Wildman–Crippen LogP) is 4.97. The van der Waals surface area contributed by atoms with Gasteiger partial charge in [-0.2, -0.15) is 0 Å². The Morgan fingerprint density at radius 1 is 1.14 bits per heavy atom. The van der Waals surface area contributed by atoms with Crippen LogP contribution >= 0.6 is 11.6 Å². The fraction of sp³-hybridized carbons (Fsp3) is 0.526. The van der Waals surface area contributed by atoms with Gasteiger partial charge in [-0.25, -0.2) is 4.99 Å². The average Bonchev–Trinajstić information content (AvgIpc) is 2.97. The van der Waals surface area contributed by atoms with Gasteiger partial charge in [0.25, 0.3) is 0 Å². The van der Waals surface area contributed by atoms with Gasteiger partial charge in [-0.05, 0) is 30.5 Å². The first-order chi connectivity index (χ1) is 10.9. The monoisotopic (exact) mass is 317 g/mol. The predicted molar refractivity (Wildman–Crippen MR) is 92.7 cm³/mol. The van der Waals surface area contributed by atoms with Gasteiger partial charge in [0, 0.05) is 11.4 Å². The molecule has 1 fully saturated rings. The third-order valence-electron chi connectivity index (χ3n) is 4.65. The zero-order chi connectivity index (χ0) is 15.2. The van der Waals surface area contributed by atoms with Gasteiger partial charge < -0.3 is 4.74 Å². The molecule has 3 rings (SSSR count). The number of hydrogen-bond donors (Lipinski definition) is 0. The zero-order valence-corrected chi connectivity index (χ0v) is 13.7. The van der Waals surface area contributed by atoms with Crippen LogP contribution in [0.5, 0.6) is 0 Å². The number of ether oxygens (including phenoxy) is 1. The van der Waals surface area contributed by atoms with Crippen molar-refractivity contribution in [2.45, 2.75) is 50.7 Å². The van der Waals surface area contributed by atoms with E-state index in [0.717, 1.165) is 23.8 Å². The van der Waals surface area contributed by atoms with Crippen molar-refractivity contribution >= 4 is 17.5 Å². The van der Waals surface area contributed by atoms with Crippen LogP contribution < -0.4 is 0 Å². The molecule has 0 spiro atoms. The Bertz CT molecular complexity index is 519. The second-order valence-corrected chi connectivity index (χ2v) is 6.58. The van der Waals surface area contributed by atoms with E-state index in [2.05, 4.69) is 18.2 Å². The molecule has 1 aliphatic heterocycles. The number of nitrogens with zero attached hydrogens (tertiary/aromatic N) is 1. The summed E-state index contributed by atoms with van der Waals surface area (Å²) in [5.41, 5.74) is 1.07. The Balaban J connectivity index is 1.73. The minimum absolute atomic E-state index is 0.0379. The van der Waals surface area contributed by atoms with Crippen molar-refractivity contribution in [3.63, 3.8) is 0 Å². The molecule has 0 radical (unpaired) electrons. The van der Waals surface area contributed by atoms with Crippen LogP contribution in [0.15, 0.2) is 47.5 Å². The zero-order valence-electron chi connectivity index (χ0n) is 13.0. The molecule has 1 aromatic rings. The number of alkyl halides is 1. The summed E-state index contributed by atoms with van der Waals surface area (Å²) >= 11 is 5.79. The van der Waals surface area contributed by atoms with Gasteiger partial charge >= 0.3 is 0 Å². The summed E-state index contributed by atoms with van der Waals surface area (Å²) in [6.45, 7) is 0. The highest BCUT2D eigenvalue weighted by Crippen LogP contribution is 2.32. The quantitative estimate of drug-likeness (QED) is 0.555. The van der Waals surface area contributed by atoms with Crippen LogP contribution in [-0.4, -0.2) is 23.9 Å². The number of hydrogen-bond acceptors (Lipinski definition) is 2. The van der Waals surface area contributed by atoms with E-state index in [9.17, 15) is 0 Å². The molecule has 118 valence electrons. The van der Waals surface area contributed by atoms with Crippen molar-refractivity contribution in [1.82, 2.24) is 0 Å². The SMILES string of the molecule is ClC/C=C/[C@@H]1OC(c2ccccc2)=N[C@H]1CC1CCCCC1. The van der Waals surface area contributed by atoms with Crippen LogP contribution in [-0.2, 0) is 4.74 Å². The number of halogens is 1. The van der Waals surface area contributed by atoms with Gasteiger partial charge in [0.1, 0.15) is 6.10 Å². The maximum atomic E-state index is 6.11. The molecule has 1 aromatic carbocycles. The molecule has 0 bridgehead atoms. The molecule has 3 heteroatoms. The van der Waals surface area contributed by atoms with Crippen molar-refractivity contribution in [2.24, 2.45) is 10.9 Å². The normalized spacial score (nSPS) is 26.1. The van der Waals surface area contributed by atoms with E-state index in [1.54, 1.807) is 0 Å². The van der Waals surface area contributed by atoms with Gasteiger partial charge in [0.15, 0.2) is 0 Å². The first-order valence-corrected chi connectivity index (χ1v) is 8.93. The molecule has 0 aromatic heterocycles. The maximum absolute atomic E-state index is 6.11. The van der Waals surface area contributed by atoms with E-state index in [1.807, 2.05) is 24.3 Å². The third kappa shape index (κ3) is 3.92. The molecule has 2 atom stereocenters. The lowest BCUT2D eigenvalue weighted by atomic mass is 9.84. The van der Waals surface area contributed by atoms with E-state index < -0.39 is 0 Å². The van der Waals surface area contributed by atoms with Gasteiger partial charge in [-0.3, -0.25) is 0 Å². The number of allylic oxidation sites excluding steroid dienone is 1. The van der Waals surface area contributed by atoms with Gasteiger partial charge in [-0.15, -0.1) is 11.6 Å². The molecule has 1 saturated carbocycles. The first kappa shape index (κ1) is 15.6. The van der Waals surface area contributed by atoms with E-state index >= 15 is 0 Å². The van der Waals surface area contributed by atoms with E-state index in [0.29, 0.717) is 5.88 Å². The smallest absolute Gasteiger partial charge is 0.217 e. The van der Waals surface area contributed by atoms with E-state index in [1.165, 1.54) is 32.1 Å². The molecule has 1 heterocycles. The van der Waals surface area contributed by atoms with Crippen LogP contribution in [0.4, 0.5) is 0 Å². The maximum Gasteiger partial charge on any atom is 0.217 e. The Morgan fingerprint density at radius 2 is 1.91 bits per heavy atom. The topological polar surface area (TPSA) is 21.6 Å². The van der Waals surface area contributed by atoms with Crippen LogP contribution in [0.1, 0.15) is 44.1 Å². The second-order valence-electron chi connectivity index (χ2n) is 6.27. The molecule has 0 saturated heterocycles. The Morgan fingerprint density at radius 3 is 2.64 bits per heavy atom. The van der Waals surface area contributed by atoms with Crippen LogP contribution in [0.25, 0.3) is 0 Å². The molecule has 0 N–H and O–H groups in total. The second kappa shape index (κ2) is 7.82. The highest BCUT2D eigenvalue weighted by atomic mass is 35.5. The number of aliphatic imine (C=N–C) groups is 1. The molecule has 0 amide bonds. The molecule has 22 heavy (non-hydrogen) atoms. The van der Waals surface area contributed by atoms with Crippen molar-refractivity contribution in [2.75, 3.05) is 5.88 Å². The summed E-state index contributed by atoms with van der Waals surface area (Å²) in [5, 5.41) is 0. The summed E-state index contributed by atoms with van der Waals surface area (Å²) < 4.78 is 6.11. The van der Waals surface area contributed by atoms with Gasteiger partial charge in [0.05, 0.1) is 6.04 Å². The highest BCUT2D eigenvalue weighted by Gasteiger charge is 2.31. The van der Waals surface area contributed by atoms with Crippen molar-refractivity contribution < 1.29 is 4.74 Å². The standard InChI is InChI=1S/C19H24ClNO/c20-13-7-12-18-17(14-15-8-3-1-4-9-15)21-19(22-18)16-10-5-2-6-11-16/h2,5-7,10-12,15,17-18H,1,3-4,8-9,13-14H2/b12-7+/t17-,18-/m0/s1. The lowest BCUT2D eigenvalue weighted by molar-refractivity contribution is 0.212. The lowest BCUT2D eigenvalue weighted by Gasteiger charge is -2.24. The Kier molecular flexibility index (Phi) is 5.55. The van der Waals surface area contributed by atoms with Crippen molar-refractivity contribution in [1.29, 1.82) is 0 Å². The van der Waals surface area contributed by atoms with E-state index in [4.69, 9.17) is 21.3 Å². The van der Waals surface area contributed by atoms with E-state index in [-0.39, 0.29) is 12.1 Å². The summed E-state index contributed by atoms with van der Waals surface area (Å²) in [5.74, 6) is 2.11. The summed E-state index contributed by atoms with van der Waals surface area (Å²) in [4.78, 5) is 4.89. The molecule has 1 aliphatic carbocycles. The summed E-state index contributed by atoms with van der Waals surface area (Å²) in [6, 6.07) is 10.4. The summed E-state index contributed by atoms with van der Waals surface area (Å²) in [7, 11) is 0. The largest absolute Gasteiger partial charge is 0.468 e. The summed E-state index contributed by atoms with van der Waals surface area (Å²) in [6.07, 6.45) is 12.1. The Hall–Kier alpha value is -1.28. The van der Waals surface area contributed by atoms with Crippen molar-refractivity contribution in [3.8, 4) is 0 Å². The van der Waals surface area contributed by atoms with Crippen LogP contribution in [0.2, 0.25) is 0 Å². The third-order valence-corrected chi connectivity index (χ3v) is 4.82. The fourth-order valence-electron chi connectivity index (χ4n) is 3.49. The minimum atomic E-state index is 0.0379. The van der Waals surface area contributed by atoms with Crippen LogP contribution in [0.3, 0.4) is 0 Å².